The smallest absolute Gasteiger partial charge is 0.240 e. The minimum atomic E-state index is 0.0273. The summed E-state index contributed by atoms with van der Waals surface area (Å²) in [6, 6.07) is 15.1. The van der Waals surface area contributed by atoms with Crippen molar-refractivity contribution >= 4 is 22.8 Å². The molecule has 0 aliphatic carbocycles. The average Bonchev–Trinajstić information content (AvgIpc) is 2.87. The van der Waals surface area contributed by atoms with Gasteiger partial charge in [0.15, 0.2) is 0 Å². The van der Waals surface area contributed by atoms with Crippen LogP contribution in [0.3, 0.4) is 0 Å². The van der Waals surface area contributed by atoms with Crippen LogP contribution in [0.5, 0.6) is 0 Å². The van der Waals surface area contributed by atoms with Gasteiger partial charge in [-0.05, 0) is 18.2 Å². The fourth-order valence-electron chi connectivity index (χ4n) is 2.37. The maximum Gasteiger partial charge on any atom is 0.240 e. The van der Waals surface area contributed by atoms with Crippen molar-refractivity contribution in [3.8, 4) is 11.4 Å². The summed E-state index contributed by atoms with van der Waals surface area (Å²) in [5, 5.41) is 9.29. The standard InChI is InChI=1S/C16H13N3O2/c20-9-8-19-15-7-6-13(17-11-21)10-14(15)18-16(19)12-4-2-1-3-5-12/h1-7,10,20H,8-9H2. The van der Waals surface area contributed by atoms with Crippen LogP contribution in [0.25, 0.3) is 22.4 Å². The van der Waals surface area contributed by atoms with Gasteiger partial charge in [0.25, 0.3) is 0 Å². The van der Waals surface area contributed by atoms with Crippen LogP contribution in [0.15, 0.2) is 53.5 Å². The first-order valence-corrected chi connectivity index (χ1v) is 6.58. The first kappa shape index (κ1) is 13.2. The van der Waals surface area contributed by atoms with Crippen molar-refractivity contribution in [3.63, 3.8) is 0 Å². The highest BCUT2D eigenvalue weighted by Gasteiger charge is 2.12. The van der Waals surface area contributed by atoms with Crippen LogP contribution in [0.1, 0.15) is 0 Å². The summed E-state index contributed by atoms with van der Waals surface area (Å²) >= 11 is 0. The van der Waals surface area contributed by atoms with Crippen molar-refractivity contribution < 1.29 is 9.90 Å². The van der Waals surface area contributed by atoms with E-state index in [-0.39, 0.29) is 6.61 Å². The Kier molecular flexibility index (Phi) is 3.60. The lowest BCUT2D eigenvalue weighted by Gasteiger charge is -2.07. The van der Waals surface area contributed by atoms with E-state index in [1.54, 1.807) is 12.1 Å². The number of aliphatic hydroxyl groups is 1. The molecular weight excluding hydrogens is 266 g/mol. The number of nitrogens with zero attached hydrogens (tertiary/aromatic N) is 3. The molecule has 0 spiro atoms. The van der Waals surface area contributed by atoms with Gasteiger partial charge in [0.05, 0.1) is 23.3 Å². The third-order valence-corrected chi connectivity index (χ3v) is 3.26. The van der Waals surface area contributed by atoms with Gasteiger partial charge < -0.3 is 9.67 Å². The number of benzene rings is 2. The Morgan fingerprint density at radius 3 is 2.71 bits per heavy atom. The highest BCUT2D eigenvalue weighted by molar-refractivity contribution is 5.83. The second kappa shape index (κ2) is 5.71. The highest BCUT2D eigenvalue weighted by atomic mass is 16.3. The highest BCUT2D eigenvalue weighted by Crippen LogP contribution is 2.27. The number of hydrogen-bond donors (Lipinski definition) is 1. The second-order valence-corrected chi connectivity index (χ2v) is 4.55. The number of isocyanates is 1. The molecule has 0 fully saturated rings. The molecule has 2 aromatic carbocycles. The molecule has 0 aliphatic rings. The molecule has 0 atom stereocenters. The van der Waals surface area contributed by atoms with Crippen molar-refractivity contribution in [2.45, 2.75) is 6.54 Å². The van der Waals surface area contributed by atoms with E-state index in [0.717, 1.165) is 22.4 Å². The molecule has 1 aromatic heterocycles. The van der Waals surface area contributed by atoms with Crippen LogP contribution in [0.4, 0.5) is 5.69 Å². The molecule has 5 heteroatoms. The van der Waals surface area contributed by atoms with E-state index in [9.17, 15) is 9.90 Å². The quantitative estimate of drug-likeness (QED) is 0.589. The maximum absolute atomic E-state index is 10.4. The number of aliphatic hydroxyl groups excluding tert-OH is 1. The topological polar surface area (TPSA) is 67.5 Å². The zero-order valence-corrected chi connectivity index (χ0v) is 11.2. The van der Waals surface area contributed by atoms with Crippen LogP contribution in [0.2, 0.25) is 0 Å². The zero-order chi connectivity index (χ0) is 14.7. The summed E-state index contributed by atoms with van der Waals surface area (Å²) in [5.74, 6) is 0.784. The van der Waals surface area contributed by atoms with Crippen LogP contribution in [-0.4, -0.2) is 27.3 Å². The van der Waals surface area contributed by atoms with Gasteiger partial charge >= 0.3 is 0 Å². The monoisotopic (exact) mass is 279 g/mol. The van der Waals surface area contributed by atoms with Crippen molar-refractivity contribution in [1.82, 2.24) is 9.55 Å². The Balaban J connectivity index is 2.23. The Bertz CT molecular complexity index is 818. The summed E-state index contributed by atoms with van der Waals surface area (Å²) in [6.45, 7) is 0.483. The molecule has 0 aliphatic heterocycles. The molecule has 0 saturated carbocycles. The normalized spacial score (nSPS) is 10.5. The molecule has 0 bridgehead atoms. The Morgan fingerprint density at radius 1 is 1.19 bits per heavy atom. The number of fused-ring (bicyclic) bond motifs is 1. The van der Waals surface area contributed by atoms with Crippen molar-refractivity contribution in [1.29, 1.82) is 0 Å². The minimum absolute atomic E-state index is 0.0273. The molecule has 0 saturated heterocycles. The number of rotatable bonds is 4. The second-order valence-electron chi connectivity index (χ2n) is 4.55. The number of aromatic nitrogens is 2. The number of aliphatic imine (C=N–C) groups is 1. The van der Waals surface area contributed by atoms with Gasteiger partial charge in [-0.25, -0.2) is 9.78 Å². The molecular formula is C16H13N3O2. The lowest BCUT2D eigenvalue weighted by molar-refractivity contribution is 0.278. The molecule has 104 valence electrons. The van der Waals surface area contributed by atoms with Gasteiger partial charge in [0.1, 0.15) is 5.82 Å². The van der Waals surface area contributed by atoms with E-state index in [1.165, 1.54) is 6.08 Å². The van der Waals surface area contributed by atoms with Crippen LogP contribution < -0.4 is 0 Å². The van der Waals surface area contributed by atoms with E-state index in [2.05, 4.69) is 9.98 Å². The summed E-state index contributed by atoms with van der Waals surface area (Å²) in [4.78, 5) is 18.6. The van der Waals surface area contributed by atoms with E-state index in [1.807, 2.05) is 41.0 Å². The van der Waals surface area contributed by atoms with Crippen LogP contribution >= 0.6 is 0 Å². The molecule has 3 aromatic rings. The predicted octanol–water partition coefficient (Wildman–Crippen LogP) is 2.66. The summed E-state index contributed by atoms with van der Waals surface area (Å²) in [7, 11) is 0. The number of carbonyl (C=O) groups excluding carboxylic acids is 1. The molecule has 1 heterocycles. The van der Waals surface area contributed by atoms with Gasteiger partial charge in [-0.15, -0.1) is 0 Å². The Hall–Kier alpha value is -2.75. The van der Waals surface area contributed by atoms with Gasteiger partial charge in [-0.1, -0.05) is 30.3 Å². The zero-order valence-electron chi connectivity index (χ0n) is 11.2. The lowest BCUT2D eigenvalue weighted by atomic mass is 10.2. The number of imidazole rings is 1. The largest absolute Gasteiger partial charge is 0.395 e. The average molecular weight is 279 g/mol. The fourth-order valence-corrected chi connectivity index (χ4v) is 2.37. The molecule has 3 rings (SSSR count). The SMILES string of the molecule is O=C=Nc1ccc2c(c1)nc(-c1ccccc1)n2CCO. The predicted molar refractivity (Wildman–Crippen MR) is 80.0 cm³/mol. The van der Waals surface area contributed by atoms with Gasteiger partial charge in [0.2, 0.25) is 6.08 Å². The molecule has 1 N–H and O–H groups in total. The van der Waals surface area contributed by atoms with E-state index >= 15 is 0 Å². The lowest BCUT2D eigenvalue weighted by Crippen LogP contribution is -2.03. The van der Waals surface area contributed by atoms with E-state index < -0.39 is 0 Å². The van der Waals surface area contributed by atoms with Crippen molar-refractivity contribution in [2.75, 3.05) is 6.61 Å². The van der Waals surface area contributed by atoms with Crippen molar-refractivity contribution in [2.24, 2.45) is 4.99 Å². The summed E-state index contributed by atoms with van der Waals surface area (Å²) in [6.07, 6.45) is 1.53. The first-order valence-electron chi connectivity index (χ1n) is 6.58. The van der Waals surface area contributed by atoms with E-state index in [4.69, 9.17) is 0 Å². The summed E-state index contributed by atoms with van der Waals surface area (Å²) in [5.41, 5.74) is 3.12. The molecule has 0 amide bonds. The van der Waals surface area contributed by atoms with Gasteiger partial charge in [0, 0.05) is 12.1 Å². The number of hydrogen-bond acceptors (Lipinski definition) is 4. The minimum Gasteiger partial charge on any atom is -0.395 e. The van der Waals surface area contributed by atoms with Gasteiger partial charge in [-0.3, -0.25) is 0 Å². The molecule has 0 unspecified atom stereocenters. The van der Waals surface area contributed by atoms with Crippen molar-refractivity contribution in [3.05, 3.63) is 48.5 Å². The fraction of sp³-hybridized carbons (Fsp3) is 0.125. The first-order chi connectivity index (χ1) is 10.3. The Labute approximate surface area is 121 Å². The maximum atomic E-state index is 10.4. The third kappa shape index (κ3) is 2.48. The van der Waals surface area contributed by atoms with Crippen LogP contribution in [0, 0.1) is 0 Å². The van der Waals surface area contributed by atoms with E-state index in [0.29, 0.717) is 12.2 Å². The Morgan fingerprint density at radius 2 is 2.00 bits per heavy atom. The molecule has 0 radical (unpaired) electrons. The van der Waals surface area contributed by atoms with Gasteiger partial charge in [-0.2, -0.15) is 4.99 Å². The molecule has 21 heavy (non-hydrogen) atoms. The third-order valence-electron chi connectivity index (χ3n) is 3.26. The molecule has 5 nitrogen and oxygen atoms in total. The summed E-state index contributed by atoms with van der Waals surface area (Å²) < 4.78 is 1.96. The van der Waals surface area contributed by atoms with Crippen LogP contribution in [-0.2, 0) is 11.3 Å².